The first kappa shape index (κ1) is 22.4. The van der Waals surface area contributed by atoms with Crippen LogP contribution >= 0.6 is 0 Å². The first-order valence-electron chi connectivity index (χ1n) is 10.2. The quantitative estimate of drug-likeness (QED) is 0.722. The van der Waals surface area contributed by atoms with Crippen molar-refractivity contribution >= 4 is 15.9 Å². The molecule has 1 aliphatic heterocycles. The molecule has 1 aliphatic rings. The summed E-state index contributed by atoms with van der Waals surface area (Å²) in [7, 11) is -1.86. The second kappa shape index (κ2) is 8.86. The number of halogens is 1. The number of aryl methyl sites for hydroxylation is 3. The first-order valence-corrected chi connectivity index (χ1v) is 11.6. The second-order valence-corrected chi connectivity index (χ2v) is 10.1. The number of carbonyl (C=O) groups is 1. The van der Waals surface area contributed by atoms with Crippen LogP contribution in [0.3, 0.4) is 0 Å². The van der Waals surface area contributed by atoms with E-state index in [1.54, 1.807) is 24.1 Å². The Balaban J connectivity index is 1.65. The number of hydrogen-bond donors (Lipinski definition) is 0. The maximum atomic E-state index is 13.2. The summed E-state index contributed by atoms with van der Waals surface area (Å²) in [4.78, 5) is 14.8. The zero-order valence-electron chi connectivity index (χ0n) is 18.0. The smallest absolute Gasteiger partial charge is 0.243 e. The van der Waals surface area contributed by atoms with Gasteiger partial charge in [-0.05, 0) is 62.4 Å². The summed E-state index contributed by atoms with van der Waals surface area (Å²) < 4.78 is 41.0. The van der Waals surface area contributed by atoms with Crippen LogP contribution in [0.4, 0.5) is 4.39 Å². The topological polar surface area (TPSA) is 57.7 Å². The Labute approximate surface area is 178 Å². The van der Waals surface area contributed by atoms with E-state index in [0.29, 0.717) is 37.4 Å². The molecule has 0 aromatic heterocycles. The zero-order chi connectivity index (χ0) is 22.1. The Morgan fingerprint density at radius 2 is 1.60 bits per heavy atom. The van der Waals surface area contributed by atoms with Crippen molar-refractivity contribution < 1.29 is 17.6 Å². The molecular weight excluding hydrogens is 403 g/mol. The van der Waals surface area contributed by atoms with Crippen molar-refractivity contribution in [3.05, 3.63) is 64.5 Å². The van der Waals surface area contributed by atoms with Crippen LogP contribution in [0.1, 0.15) is 35.1 Å². The highest BCUT2D eigenvalue weighted by Gasteiger charge is 2.34. The van der Waals surface area contributed by atoms with Gasteiger partial charge >= 0.3 is 0 Å². The van der Waals surface area contributed by atoms with Gasteiger partial charge in [0.2, 0.25) is 15.9 Å². The molecule has 1 heterocycles. The van der Waals surface area contributed by atoms with E-state index in [2.05, 4.69) is 0 Å². The van der Waals surface area contributed by atoms with Crippen molar-refractivity contribution in [2.45, 2.75) is 45.1 Å². The standard InChI is InChI=1S/C23H29FN2O3S/c1-16-13-17(2)22(18(3)14-16)30(28,29)26-11-9-20(10-12-26)23(27)25(4)15-19-5-7-21(24)8-6-19/h5-8,13-14,20H,9-12,15H2,1-4H3. The predicted octanol–water partition coefficient (Wildman–Crippen LogP) is 3.81. The average Bonchev–Trinajstić information content (AvgIpc) is 2.68. The maximum Gasteiger partial charge on any atom is 0.243 e. The molecule has 3 rings (SSSR count). The minimum atomic E-state index is -3.59. The highest BCUT2D eigenvalue weighted by atomic mass is 32.2. The first-order chi connectivity index (χ1) is 14.1. The molecule has 30 heavy (non-hydrogen) atoms. The minimum absolute atomic E-state index is 0.000861. The molecule has 0 bridgehead atoms. The molecule has 7 heteroatoms. The summed E-state index contributed by atoms with van der Waals surface area (Å²) in [6, 6.07) is 9.88. The summed E-state index contributed by atoms with van der Waals surface area (Å²) >= 11 is 0. The lowest BCUT2D eigenvalue weighted by molar-refractivity contribution is -0.135. The van der Waals surface area contributed by atoms with Crippen LogP contribution in [0.5, 0.6) is 0 Å². The molecule has 0 spiro atoms. The largest absolute Gasteiger partial charge is 0.341 e. The molecule has 0 atom stereocenters. The third-order valence-corrected chi connectivity index (χ3v) is 7.92. The molecule has 0 saturated carbocycles. The molecule has 0 aliphatic carbocycles. The number of amides is 1. The molecule has 1 fully saturated rings. The van der Waals surface area contributed by atoms with E-state index in [4.69, 9.17) is 0 Å². The highest BCUT2D eigenvalue weighted by molar-refractivity contribution is 7.89. The molecule has 2 aromatic rings. The van der Waals surface area contributed by atoms with Crippen molar-refractivity contribution in [2.24, 2.45) is 5.92 Å². The Bertz CT molecular complexity index is 1000. The summed E-state index contributed by atoms with van der Waals surface area (Å²) in [6.45, 7) is 6.67. The Morgan fingerprint density at radius 3 is 2.13 bits per heavy atom. The van der Waals surface area contributed by atoms with Gasteiger partial charge in [-0.3, -0.25) is 4.79 Å². The second-order valence-electron chi connectivity index (χ2n) is 8.23. The Morgan fingerprint density at radius 1 is 1.07 bits per heavy atom. The van der Waals surface area contributed by atoms with E-state index in [9.17, 15) is 17.6 Å². The number of nitrogens with zero attached hydrogens (tertiary/aromatic N) is 2. The van der Waals surface area contributed by atoms with Gasteiger partial charge in [0, 0.05) is 32.6 Å². The number of carbonyl (C=O) groups excluding carboxylic acids is 1. The lowest BCUT2D eigenvalue weighted by Gasteiger charge is -2.33. The van der Waals surface area contributed by atoms with Gasteiger partial charge in [0.25, 0.3) is 0 Å². The van der Waals surface area contributed by atoms with Crippen molar-refractivity contribution in [3.63, 3.8) is 0 Å². The van der Waals surface area contributed by atoms with Crippen LogP contribution in [0, 0.1) is 32.5 Å². The van der Waals surface area contributed by atoms with E-state index in [1.165, 1.54) is 16.4 Å². The molecule has 0 radical (unpaired) electrons. The van der Waals surface area contributed by atoms with E-state index in [0.717, 1.165) is 22.3 Å². The van der Waals surface area contributed by atoms with Crippen LogP contribution in [-0.4, -0.2) is 43.7 Å². The van der Waals surface area contributed by atoms with E-state index in [1.807, 2.05) is 32.9 Å². The molecule has 1 saturated heterocycles. The van der Waals surface area contributed by atoms with Crippen LogP contribution in [0.15, 0.2) is 41.3 Å². The number of benzene rings is 2. The van der Waals surface area contributed by atoms with Crippen molar-refractivity contribution in [2.75, 3.05) is 20.1 Å². The summed E-state index contributed by atoms with van der Waals surface area (Å²) in [5, 5.41) is 0. The van der Waals surface area contributed by atoms with E-state index in [-0.39, 0.29) is 17.6 Å². The number of sulfonamides is 1. The molecule has 0 unspecified atom stereocenters. The third-order valence-electron chi connectivity index (χ3n) is 5.71. The lowest BCUT2D eigenvalue weighted by Crippen LogP contribution is -2.43. The highest BCUT2D eigenvalue weighted by Crippen LogP contribution is 2.29. The fraction of sp³-hybridized carbons (Fsp3) is 0.435. The predicted molar refractivity (Wildman–Crippen MR) is 115 cm³/mol. The molecule has 0 N–H and O–H groups in total. The van der Waals surface area contributed by atoms with E-state index >= 15 is 0 Å². The van der Waals surface area contributed by atoms with Crippen molar-refractivity contribution in [1.29, 1.82) is 0 Å². The normalized spacial score (nSPS) is 15.9. The molecular formula is C23H29FN2O3S. The Hall–Kier alpha value is -2.25. The number of piperidine rings is 1. The van der Waals surface area contributed by atoms with Crippen LogP contribution < -0.4 is 0 Å². The SMILES string of the molecule is Cc1cc(C)c(S(=O)(=O)N2CCC(C(=O)N(C)Cc3ccc(F)cc3)CC2)c(C)c1. The molecule has 5 nitrogen and oxygen atoms in total. The van der Waals surface area contributed by atoms with Crippen molar-refractivity contribution in [3.8, 4) is 0 Å². The zero-order valence-corrected chi connectivity index (χ0v) is 18.8. The van der Waals surface area contributed by atoms with Gasteiger partial charge in [-0.2, -0.15) is 4.31 Å². The molecule has 162 valence electrons. The fourth-order valence-corrected chi connectivity index (χ4v) is 6.18. The number of hydrogen-bond acceptors (Lipinski definition) is 3. The number of rotatable bonds is 5. The minimum Gasteiger partial charge on any atom is -0.341 e. The third kappa shape index (κ3) is 4.73. The van der Waals surface area contributed by atoms with Gasteiger partial charge < -0.3 is 4.90 Å². The summed E-state index contributed by atoms with van der Waals surface area (Å²) in [5.74, 6) is -0.512. The monoisotopic (exact) mass is 432 g/mol. The van der Waals surface area contributed by atoms with E-state index < -0.39 is 10.0 Å². The molecule has 1 amide bonds. The van der Waals surface area contributed by atoms with Crippen LogP contribution in [0.2, 0.25) is 0 Å². The average molecular weight is 433 g/mol. The van der Waals surface area contributed by atoms with Gasteiger partial charge in [0.05, 0.1) is 4.90 Å². The van der Waals surface area contributed by atoms with Crippen LogP contribution in [-0.2, 0) is 21.4 Å². The van der Waals surface area contributed by atoms with Gasteiger partial charge in [0.1, 0.15) is 5.82 Å². The van der Waals surface area contributed by atoms with Crippen molar-refractivity contribution in [1.82, 2.24) is 9.21 Å². The van der Waals surface area contributed by atoms with Gasteiger partial charge in [-0.15, -0.1) is 0 Å². The summed E-state index contributed by atoms with van der Waals surface area (Å²) in [6.07, 6.45) is 0.992. The lowest BCUT2D eigenvalue weighted by atomic mass is 9.96. The van der Waals surface area contributed by atoms with Gasteiger partial charge in [-0.25, -0.2) is 12.8 Å². The molecule has 2 aromatic carbocycles. The summed E-state index contributed by atoms with van der Waals surface area (Å²) in [5.41, 5.74) is 3.41. The maximum absolute atomic E-state index is 13.2. The Kier molecular flexibility index (Phi) is 6.62. The fourth-order valence-electron chi connectivity index (χ4n) is 4.30. The van der Waals surface area contributed by atoms with Crippen LogP contribution in [0.25, 0.3) is 0 Å². The van der Waals surface area contributed by atoms with Gasteiger partial charge in [-0.1, -0.05) is 29.8 Å². The van der Waals surface area contributed by atoms with Gasteiger partial charge in [0.15, 0.2) is 0 Å².